The summed E-state index contributed by atoms with van der Waals surface area (Å²) in [5.74, 6) is -0.286. The maximum Gasteiger partial charge on any atom is 0.434 e. The number of hydrogen-bond acceptors (Lipinski definition) is 5. The Bertz CT molecular complexity index is 398. The molecule has 0 saturated heterocycles. The van der Waals surface area contributed by atoms with Gasteiger partial charge in [-0.2, -0.15) is 13.2 Å². The van der Waals surface area contributed by atoms with Crippen LogP contribution >= 0.6 is 11.8 Å². The Morgan fingerprint density at radius 3 is 2.82 bits per heavy atom. The predicted molar refractivity (Wildman–Crippen MR) is 54.4 cm³/mol. The number of alkyl halides is 3. The quantitative estimate of drug-likeness (QED) is 0.617. The van der Waals surface area contributed by atoms with Crippen LogP contribution in [-0.4, -0.2) is 28.8 Å². The lowest BCUT2D eigenvalue weighted by atomic mass is 10.4. The van der Waals surface area contributed by atoms with Crippen molar-refractivity contribution in [2.75, 3.05) is 12.9 Å². The number of ether oxygens (including phenoxy) is 1. The first kappa shape index (κ1) is 13.8. The van der Waals surface area contributed by atoms with E-state index in [4.69, 9.17) is 0 Å². The number of nitrogens with zero attached hydrogens (tertiary/aromatic N) is 2. The smallest absolute Gasteiger partial charge is 0.434 e. The lowest BCUT2D eigenvalue weighted by molar-refractivity contribution is -0.143. The Morgan fingerprint density at radius 2 is 2.24 bits per heavy atom. The molecule has 8 heteroatoms. The van der Waals surface area contributed by atoms with E-state index >= 15 is 0 Å². The molecule has 0 aliphatic carbocycles. The number of carbonyl (C=O) groups excluding carboxylic acids is 1. The van der Waals surface area contributed by atoms with Gasteiger partial charge in [-0.25, -0.2) is 9.97 Å². The highest BCUT2D eigenvalue weighted by Gasteiger charge is 2.35. The third kappa shape index (κ3) is 4.22. The standard InChI is InChI=1S/C9H9F3N2O2S/c1-16-7(15)2-3-17-6-4-13-5-14-8(6)9(10,11)12/h4-5H,2-3H2,1H3. The molecule has 17 heavy (non-hydrogen) atoms. The van der Waals surface area contributed by atoms with Crippen molar-refractivity contribution >= 4 is 17.7 Å². The number of thioether (sulfide) groups is 1. The van der Waals surface area contributed by atoms with Crippen molar-refractivity contribution in [1.82, 2.24) is 9.97 Å². The van der Waals surface area contributed by atoms with Crippen LogP contribution in [0.3, 0.4) is 0 Å². The summed E-state index contributed by atoms with van der Waals surface area (Å²) in [6, 6.07) is 0. The monoisotopic (exact) mass is 266 g/mol. The van der Waals surface area contributed by atoms with Crippen molar-refractivity contribution in [1.29, 1.82) is 0 Å². The zero-order valence-corrected chi connectivity index (χ0v) is 9.64. The molecule has 1 aromatic rings. The van der Waals surface area contributed by atoms with E-state index < -0.39 is 17.8 Å². The molecule has 1 rings (SSSR count). The van der Waals surface area contributed by atoms with Crippen molar-refractivity contribution in [3.8, 4) is 0 Å². The Morgan fingerprint density at radius 1 is 1.53 bits per heavy atom. The van der Waals surface area contributed by atoms with Gasteiger partial charge in [0.1, 0.15) is 6.33 Å². The number of hydrogen-bond donors (Lipinski definition) is 0. The molecule has 0 spiro atoms. The van der Waals surface area contributed by atoms with Gasteiger partial charge in [-0.1, -0.05) is 0 Å². The van der Waals surface area contributed by atoms with Crippen LogP contribution < -0.4 is 0 Å². The molecule has 0 aromatic carbocycles. The van der Waals surface area contributed by atoms with E-state index in [1.165, 1.54) is 7.11 Å². The molecule has 0 bridgehead atoms. The van der Waals surface area contributed by atoms with Gasteiger partial charge in [0.05, 0.1) is 18.4 Å². The average Bonchev–Trinajstić information content (AvgIpc) is 2.28. The Hall–Kier alpha value is -1.31. The van der Waals surface area contributed by atoms with E-state index in [1.807, 2.05) is 0 Å². The number of methoxy groups -OCH3 is 1. The van der Waals surface area contributed by atoms with Gasteiger partial charge in [-0.05, 0) is 0 Å². The minimum atomic E-state index is -4.52. The minimum absolute atomic E-state index is 0.0351. The summed E-state index contributed by atoms with van der Waals surface area (Å²) in [5.41, 5.74) is -0.984. The Balaban J connectivity index is 2.68. The molecular formula is C9H9F3N2O2S. The molecule has 0 saturated carbocycles. The second-order valence-corrected chi connectivity index (χ2v) is 4.04. The van der Waals surface area contributed by atoms with E-state index in [0.29, 0.717) is 0 Å². The molecule has 1 heterocycles. The summed E-state index contributed by atoms with van der Waals surface area (Å²) in [4.78, 5) is 17.4. The second-order valence-electron chi connectivity index (χ2n) is 2.91. The highest BCUT2D eigenvalue weighted by Crippen LogP contribution is 2.34. The Labute approximate surface area is 99.6 Å². The first-order valence-electron chi connectivity index (χ1n) is 4.52. The summed E-state index contributed by atoms with van der Waals surface area (Å²) < 4.78 is 41.9. The number of esters is 1. The van der Waals surface area contributed by atoms with Gasteiger partial charge in [-0.15, -0.1) is 11.8 Å². The molecule has 0 fully saturated rings. The molecule has 0 unspecified atom stereocenters. The van der Waals surface area contributed by atoms with Crippen LogP contribution in [0.5, 0.6) is 0 Å². The summed E-state index contributed by atoms with van der Waals surface area (Å²) in [6.45, 7) is 0. The van der Waals surface area contributed by atoms with E-state index in [9.17, 15) is 18.0 Å². The van der Waals surface area contributed by atoms with E-state index in [0.717, 1.165) is 24.3 Å². The minimum Gasteiger partial charge on any atom is -0.469 e. The van der Waals surface area contributed by atoms with Gasteiger partial charge in [0, 0.05) is 11.9 Å². The number of aromatic nitrogens is 2. The van der Waals surface area contributed by atoms with Crippen LogP contribution in [0.2, 0.25) is 0 Å². The highest BCUT2D eigenvalue weighted by atomic mass is 32.2. The first-order chi connectivity index (χ1) is 7.95. The lowest BCUT2D eigenvalue weighted by Gasteiger charge is -2.09. The lowest BCUT2D eigenvalue weighted by Crippen LogP contribution is -2.10. The van der Waals surface area contributed by atoms with Gasteiger partial charge in [0.2, 0.25) is 0 Å². The topological polar surface area (TPSA) is 52.1 Å². The van der Waals surface area contributed by atoms with Crippen molar-refractivity contribution in [3.05, 3.63) is 18.2 Å². The molecule has 0 radical (unpaired) electrons. The SMILES string of the molecule is COC(=O)CCSc1cncnc1C(F)(F)F. The molecule has 0 aliphatic rings. The van der Waals surface area contributed by atoms with E-state index in [-0.39, 0.29) is 17.1 Å². The highest BCUT2D eigenvalue weighted by molar-refractivity contribution is 7.99. The summed E-state index contributed by atoms with van der Waals surface area (Å²) >= 11 is 0.872. The van der Waals surface area contributed by atoms with Crippen LogP contribution in [0.15, 0.2) is 17.4 Å². The average molecular weight is 266 g/mol. The fourth-order valence-corrected chi connectivity index (χ4v) is 1.91. The van der Waals surface area contributed by atoms with Crippen LogP contribution in [0, 0.1) is 0 Å². The van der Waals surface area contributed by atoms with Gasteiger partial charge in [0.25, 0.3) is 0 Å². The van der Waals surface area contributed by atoms with E-state index in [1.54, 1.807) is 0 Å². The molecule has 0 amide bonds. The molecule has 4 nitrogen and oxygen atoms in total. The second kappa shape index (κ2) is 5.85. The molecule has 0 atom stereocenters. The summed E-state index contributed by atoms with van der Waals surface area (Å²) in [7, 11) is 1.22. The molecule has 0 aliphatic heterocycles. The van der Waals surface area contributed by atoms with Crippen LogP contribution in [0.25, 0.3) is 0 Å². The van der Waals surface area contributed by atoms with Gasteiger partial charge >= 0.3 is 12.1 Å². The molecule has 0 N–H and O–H groups in total. The van der Waals surface area contributed by atoms with E-state index in [2.05, 4.69) is 14.7 Å². The van der Waals surface area contributed by atoms with Gasteiger partial charge in [-0.3, -0.25) is 4.79 Å². The number of carbonyl (C=O) groups is 1. The maximum atomic E-state index is 12.5. The predicted octanol–water partition coefficient (Wildman–Crippen LogP) is 2.15. The fourth-order valence-electron chi connectivity index (χ4n) is 0.982. The summed E-state index contributed by atoms with van der Waals surface area (Å²) in [5, 5.41) is 0. The number of halogens is 3. The van der Waals surface area contributed by atoms with Crippen molar-refractivity contribution in [2.45, 2.75) is 17.5 Å². The van der Waals surface area contributed by atoms with Crippen LogP contribution in [0.4, 0.5) is 13.2 Å². The Kier molecular flexibility index (Phi) is 4.73. The van der Waals surface area contributed by atoms with Crippen LogP contribution in [0.1, 0.15) is 12.1 Å². The van der Waals surface area contributed by atoms with Crippen molar-refractivity contribution < 1.29 is 22.7 Å². The van der Waals surface area contributed by atoms with Gasteiger partial charge in [0.15, 0.2) is 5.69 Å². The molecular weight excluding hydrogens is 257 g/mol. The first-order valence-corrected chi connectivity index (χ1v) is 5.50. The largest absolute Gasteiger partial charge is 0.469 e. The van der Waals surface area contributed by atoms with Crippen molar-refractivity contribution in [3.63, 3.8) is 0 Å². The number of rotatable bonds is 4. The third-order valence-electron chi connectivity index (χ3n) is 1.74. The molecule has 94 valence electrons. The fraction of sp³-hybridized carbons (Fsp3) is 0.444. The molecule has 1 aromatic heterocycles. The summed E-state index contributed by atoms with van der Waals surface area (Å²) in [6.07, 6.45) is -2.56. The normalized spacial score (nSPS) is 11.3. The third-order valence-corrected chi connectivity index (χ3v) is 2.76. The maximum absolute atomic E-state index is 12.5. The zero-order valence-electron chi connectivity index (χ0n) is 8.82. The van der Waals surface area contributed by atoms with Crippen molar-refractivity contribution in [2.24, 2.45) is 0 Å². The zero-order chi connectivity index (χ0) is 12.9. The van der Waals surface area contributed by atoms with Gasteiger partial charge < -0.3 is 4.74 Å². The van der Waals surface area contributed by atoms with Crippen LogP contribution in [-0.2, 0) is 15.7 Å².